The highest BCUT2D eigenvalue weighted by Crippen LogP contribution is 2.29. The Bertz CT molecular complexity index is 599. The minimum Gasteiger partial charge on any atom is -0.262 e. The van der Waals surface area contributed by atoms with Crippen LogP contribution in [0.15, 0.2) is 6.33 Å². The number of nitrogens with zero attached hydrogens (tertiary/aromatic N) is 5. The van der Waals surface area contributed by atoms with Crippen LogP contribution in [0.3, 0.4) is 0 Å². The van der Waals surface area contributed by atoms with Crippen molar-refractivity contribution in [2.24, 2.45) is 5.92 Å². The second-order valence-corrected chi connectivity index (χ2v) is 6.40. The number of hydrogen-bond donors (Lipinski definition) is 0. The molecule has 0 bridgehead atoms. The van der Waals surface area contributed by atoms with Crippen LogP contribution >= 0.6 is 11.6 Å². The number of aryl methyl sites for hydroxylation is 1. The van der Waals surface area contributed by atoms with Crippen LogP contribution in [0, 0.1) is 19.8 Å². The summed E-state index contributed by atoms with van der Waals surface area (Å²) in [6.45, 7) is 12.0. The molecule has 1 atom stereocenters. The van der Waals surface area contributed by atoms with Crippen LogP contribution in [-0.2, 0) is 13.1 Å². The smallest absolute Gasteiger partial charge is 0.148 e. The van der Waals surface area contributed by atoms with Crippen molar-refractivity contribution < 1.29 is 0 Å². The Balaban J connectivity index is 2.27. The molecule has 0 aliphatic heterocycles. The Morgan fingerprint density at radius 2 is 1.95 bits per heavy atom. The molecular weight excluding hydrogens is 286 g/mol. The Morgan fingerprint density at radius 1 is 1.24 bits per heavy atom. The Morgan fingerprint density at radius 3 is 2.57 bits per heavy atom. The first-order valence-corrected chi connectivity index (χ1v) is 7.92. The highest BCUT2D eigenvalue weighted by Gasteiger charge is 2.19. The monoisotopic (exact) mass is 309 g/mol. The van der Waals surface area contributed by atoms with E-state index in [9.17, 15) is 0 Å². The topological polar surface area (TPSA) is 48.5 Å². The third-order valence-corrected chi connectivity index (χ3v) is 4.16. The van der Waals surface area contributed by atoms with Crippen LogP contribution in [0.4, 0.5) is 0 Å². The van der Waals surface area contributed by atoms with Crippen molar-refractivity contribution in [3.63, 3.8) is 0 Å². The van der Waals surface area contributed by atoms with Crippen molar-refractivity contribution in [1.82, 2.24) is 24.5 Å². The maximum absolute atomic E-state index is 6.41. The lowest BCUT2D eigenvalue weighted by Crippen LogP contribution is -2.14. The summed E-state index contributed by atoms with van der Waals surface area (Å²) in [4.78, 5) is 4.37. The van der Waals surface area contributed by atoms with Gasteiger partial charge in [-0.2, -0.15) is 10.2 Å². The fourth-order valence-electron chi connectivity index (χ4n) is 2.57. The predicted molar refractivity (Wildman–Crippen MR) is 84.5 cm³/mol. The van der Waals surface area contributed by atoms with Gasteiger partial charge in [0, 0.05) is 17.8 Å². The van der Waals surface area contributed by atoms with Crippen molar-refractivity contribution in [3.05, 3.63) is 29.1 Å². The van der Waals surface area contributed by atoms with Gasteiger partial charge in [-0.05, 0) is 26.2 Å². The van der Waals surface area contributed by atoms with E-state index < -0.39 is 0 Å². The van der Waals surface area contributed by atoms with Gasteiger partial charge in [0.05, 0.1) is 11.1 Å². The molecule has 0 spiro atoms. The largest absolute Gasteiger partial charge is 0.262 e. The zero-order valence-electron chi connectivity index (χ0n) is 13.5. The first-order valence-electron chi connectivity index (χ1n) is 7.48. The molecule has 0 amide bonds. The van der Waals surface area contributed by atoms with Crippen LogP contribution in [0.5, 0.6) is 0 Å². The first-order chi connectivity index (χ1) is 9.93. The number of halogens is 1. The highest BCUT2D eigenvalue weighted by molar-refractivity contribution is 6.20. The van der Waals surface area contributed by atoms with E-state index in [0.717, 1.165) is 35.7 Å². The zero-order valence-corrected chi connectivity index (χ0v) is 14.2. The van der Waals surface area contributed by atoms with Crippen LogP contribution in [0.1, 0.15) is 55.3 Å². The van der Waals surface area contributed by atoms with E-state index >= 15 is 0 Å². The molecule has 0 aliphatic carbocycles. The maximum Gasteiger partial charge on any atom is 0.148 e. The number of alkyl halides is 1. The minimum atomic E-state index is 0.0206. The first kappa shape index (κ1) is 16.0. The maximum atomic E-state index is 6.41. The van der Waals surface area contributed by atoms with E-state index in [-0.39, 0.29) is 5.38 Å². The number of hydrogen-bond acceptors (Lipinski definition) is 3. The summed E-state index contributed by atoms with van der Waals surface area (Å²) in [6.07, 6.45) is 2.51. The molecule has 2 aromatic heterocycles. The zero-order chi connectivity index (χ0) is 15.6. The van der Waals surface area contributed by atoms with Gasteiger partial charge in [0.15, 0.2) is 0 Å². The average Bonchev–Trinajstić information content (AvgIpc) is 2.94. The van der Waals surface area contributed by atoms with Crippen LogP contribution in [0.2, 0.25) is 0 Å². The number of rotatable bonds is 6. The van der Waals surface area contributed by atoms with Crippen molar-refractivity contribution in [1.29, 1.82) is 0 Å². The third kappa shape index (κ3) is 3.46. The molecular formula is C15H24ClN5. The predicted octanol–water partition coefficient (Wildman–Crippen LogP) is 3.49. The van der Waals surface area contributed by atoms with Crippen molar-refractivity contribution in [2.45, 2.75) is 59.5 Å². The van der Waals surface area contributed by atoms with E-state index in [1.165, 1.54) is 0 Å². The van der Waals surface area contributed by atoms with E-state index in [2.05, 4.69) is 42.9 Å². The summed E-state index contributed by atoms with van der Waals surface area (Å²) < 4.78 is 3.94. The van der Waals surface area contributed by atoms with Crippen LogP contribution < -0.4 is 0 Å². The molecule has 0 fully saturated rings. The van der Waals surface area contributed by atoms with Gasteiger partial charge in [0.25, 0.3) is 0 Å². The van der Waals surface area contributed by atoms with Crippen molar-refractivity contribution in [2.75, 3.05) is 0 Å². The molecule has 0 radical (unpaired) electrons. The molecule has 0 aromatic carbocycles. The molecule has 0 saturated carbocycles. The molecule has 2 heterocycles. The van der Waals surface area contributed by atoms with E-state index in [0.29, 0.717) is 12.5 Å². The van der Waals surface area contributed by atoms with E-state index in [1.807, 2.05) is 16.3 Å². The Kier molecular flexibility index (Phi) is 5.04. The molecule has 2 aromatic rings. The average molecular weight is 310 g/mol. The standard InChI is InChI=1S/C15H24ClN5/c1-6-13(16)15-11(4)19-20(12(15)5)8-14-17-9-18-21(14)7-10(2)3/h9-10,13H,6-8H2,1-5H3. The van der Waals surface area contributed by atoms with Gasteiger partial charge in [-0.25, -0.2) is 9.67 Å². The SMILES string of the molecule is CCC(Cl)c1c(C)nn(Cc2ncnn2CC(C)C)c1C. The van der Waals surface area contributed by atoms with Crippen molar-refractivity contribution >= 4 is 11.6 Å². The van der Waals surface area contributed by atoms with Crippen molar-refractivity contribution in [3.8, 4) is 0 Å². The van der Waals surface area contributed by atoms with Gasteiger partial charge in [0.2, 0.25) is 0 Å². The van der Waals surface area contributed by atoms with Gasteiger partial charge >= 0.3 is 0 Å². The number of aromatic nitrogens is 5. The fraction of sp³-hybridized carbons (Fsp3) is 0.667. The molecule has 116 valence electrons. The molecule has 0 aliphatic rings. The summed E-state index contributed by atoms with van der Waals surface area (Å²) in [6, 6.07) is 0. The molecule has 5 nitrogen and oxygen atoms in total. The summed E-state index contributed by atoms with van der Waals surface area (Å²) >= 11 is 6.41. The lowest BCUT2D eigenvalue weighted by molar-refractivity contribution is 0.455. The normalized spacial score (nSPS) is 13.1. The Hall–Kier alpha value is -1.36. The quantitative estimate of drug-likeness (QED) is 0.767. The summed E-state index contributed by atoms with van der Waals surface area (Å²) in [5.74, 6) is 1.47. The minimum absolute atomic E-state index is 0.0206. The molecule has 0 N–H and O–H groups in total. The molecule has 0 saturated heterocycles. The highest BCUT2D eigenvalue weighted by atomic mass is 35.5. The Labute approximate surface area is 131 Å². The summed E-state index contributed by atoms with van der Waals surface area (Å²) in [5, 5.41) is 8.95. The molecule has 6 heteroatoms. The summed E-state index contributed by atoms with van der Waals surface area (Å²) in [5.41, 5.74) is 3.27. The van der Waals surface area contributed by atoms with Gasteiger partial charge in [-0.15, -0.1) is 11.6 Å². The lowest BCUT2D eigenvalue weighted by Gasteiger charge is -2.10. The van der Waals surface area contributed by atoms with E-state index in [4.69, 9.17) is 11.6 Å². The van der Waals surface area contributed by atoms with Crippen LogP contribution in [0.25, 0.3) is 0 Å². The fourth-order valence-corrected chi connectivity index (χ4v) is 2.88. The lowest BCUT2D eigenvalue weighted by atomic mass is 10.1. The second-order valence-electron chi connectivity index (χ2n) is 5.87. The van der Waals surface area contributed by atoms with Gasteiger partial charge < -0.3 is 0 Å². The van der Waals surface area contributed by atoms with E-state index in [1.54, 1.807) is 6.33 Å². The molecule has 2 rings (SSSR count). The second kappa shape index (κ2) is 6.60. The summed E-state index contributed by atoms with van der Waals surface area (Å²) in [7, 11) is 0. The molecule has 21 heavy (non-hydrogen) atoms. The van der Waals surface area contributed by atoms with Gasteiger partial charge in [-0.3, -0.25) is 4.68 Å². The molecule has 1 unspecified atom stereocenters. The third-order valence-electron chi connectivity index (χ3n) is 3.63. The van der Waals surface area contributed by atoms with Crippen LogP contribution in [-0.4, -0.2) is 24.5 Å². The van der Waals surface area contributed by atoms with Gasteiger partial charge in [0.1, 0.15) is 18.7 Å². The van der Waals surface area contributed by atoms with Gasteiger partial charge in [-0.1, -0.05) is 20.8 Å².